The quantitative estimate of drug-likeness (QED) is 0.694. The number of amides is 4. The molecule has 7 nitrogen and oxygen atoms in total. The van der Waals surface area contributed by atoms with E-state index in [1.807, 2.05) is 0 Å². The number of hydrogen-bond donors (Lipinski definition) is 2. The molecule has 1 fully saturated rings. The molecule has 4 rings (SSSR count). The number of hydrogen-bond acceptors (Lipinski definition) is 5. The van der Waals surface area contributed by atoms with Gasteiger partial charge in [0.05, 0.1) is 11.1 Å². The van der Waals surface area contributed by atoms with E-state index in [-0.39, 0.29) is 18.7 Å². The molecule has 0 aliphatic carbocycles. The Labute approximate surface area is 125 Å². The lowest BCUT2D eigenvalue weighted by Gasteiger charge is -2.27. The van der Waals surface area contributed by atoms with E-state index in [0.29, 0.717) is 24.2 Å². The van der Waals surface area contributed by atoms with Crippen LogP contribution in [0.25, 0.3) is 0 Å². The van der Waals surface area contributed by atoms with Crippen LogP contribution in [0.5, 0.6) is 0 Å². The second kappa shape index (κ2) is 4.48. The van der Waals surface area contributed by atoms with E-state index in [2.05, 4.69) is 10.6 Å². The minimum atomic E-state index is -0.905. The average Bonchev–Trinajstić information content (AvgIpc) is 3.03. The van der Waals surface area contributed by atoms with Crippen molar-refractivity contribution in [2.24, 2.45) is 0 Å². The zero-order chi connectivity index (χ0) is 15.4. The number of piperidine rings is 1. The van der Waals surface area contributed by atoms with Crippen LogP contribution in [-0.2, 0) is 22.7 Å². The average molecular weight is 299 g/mol. The highest BCUT2D eigenvalue weighted by Gasteiger charge is 2.45. The molecule has 7 heteroatoms. The number of benzene rings is 1. The van der Waals surface area contributed by atoms with E-state index in [9.17, 15) is 19.2 Å². The summed E-state index contributed by atoms with van der Waals surface area (Å²) in [5.41, 5.74) is 2.70. The Kier molecular flexibility index (Phi) is 2.67. The number of carbonyl (C=O) groups is 4. The first-order chi connectivity index (χ1) is 10.6. The molecule has 4 amide bonds. The van der Waals surface area contributed by atoms with Crippen molar-refractivity contribution in [3.63, 3.8) is 0 Å². The third kappa shape index (κ3) is 1.72. The van der Waals surface area contributed by atoms with Crippen molar-refractivity contribution in [3.05, 3.63) is 34.4 Å². The Bertz CT molecular complexity index is 712. The molecule has 3 aliphatic rings. The van der Waals surface area contributed by atoms with Gasteiger partial charge in [0, 0.05) is 19.5 Å². The maximum Gasteiger partial charge on any atom is 0.262 e. The van der Waals surface area contributed by atoms with Gasteiger partial charge in [0.25, 0.3) is 11.8 Å². The standard InChI is InChI=1S/C15H13N3O4/c19-12-2-1-11(13(20)17-12)18-14(21)9-3-7-5-16-6-8(7)4-10(9)15(18)22/h3-4,11,16H,1-2,5-6H2,(H,17,19,20)/t11-/m0/s1. The van der Waals surface area contributed by atoms with Gasteiger partial charge in [0.1, 0.15) is 6.04 Å². The number of imide groups is 2. The van der Waals surface area contributed by atoms with Crippen LogP contribution in [0.15, 0.2) is 12.1 Å². The molecular formula is C15H13N3O4. The lowest BCUT2D eigenvalue weighted by molar-refractivity contribution is -0.136. The Morgan fingerprint density at radius 3 is 2.09 bits per heavy atom. The molecule has 2 N–H and O–H groups in total. The lowest BCUT2D eigenvalue weighted by Crippen LogP contribution is -2.54. The Morgan fingerprint density at radius 1 is 0.955 bits per heavy atom. The third-order valence-corrected chi connectivity index (χ3v) is 4.39. The first-order valence-electron chi connectivity index (χ1n) is 7.14. The van der Waals surface area contributed by atoms with Gasteiger partial charge in [-0.1, -0.05) is 0 Å². The fourth-order valence-electron chi connectivity index (χ4n) is 3.27. The van der Waals surface area contributed by atoms with Crippen molar-refractivity contribution in [2.45, 2.75) is 32.0 Å². The molecule has 1 aromatic carbocycles. The Hall–Kier alpha value is -2.54. The normalized spacial score (nSPS) is 23.6. The molecule has 0 bridgehead atoms. The molecule has 0 radical (unpaired) electrons. The summed E-state index contributed by atoms with van der Waals surface area (Å²) in [5.74, 6) is -1.86. The predicted octanol–water partition coefficient (Wildman–Crippen LogP) is -0.309. The molecule has 3 aliphatic heterocycles. The maximum absolute atomic E-state index is 12.6. The third-order valence-electron chi connectivity index (χ3n) is 4.39. The summed E-state index contributed by atoms with van der Waals surface area (Å²) in [5, 5.41) is 5.35. The van der Waals surface area contributed by atoms with Gasteiger partial charge in [0.15, 0.2) is 0 Å². The smallest absolute Gasteiger partial charge is 0.262 e. The van der Waals surface area contributed by atoms with Gasteiger partial charge in [-0.05, 0) is 29.7 Å². The van der Waals surface area contributed by atoms with Gasteiger partial charge in [-0.3, -0.25) is 29.4 Å². The first-order valence-corrected chi connectivity index (χ1v) is 7.14. The summed E-state index contributed by atoms with van der Waals surface area (Å²) in [6.45, 7) is 1.34. The molecule has 1 saturated heterocycles. The summed E-state index contributed by atoms with van der Waals surface area (Å²) in [7, 11) is 0. The van der Waals surface area contributed by atoms with Crippen molar-refractivity contribution < 1.29 is 19.2 Å². The molecular weight excluding hydrogens is 286 g/mol. The van der Waals surface area contributed by atoms with Gasteiger partial charge < -0.3 is 5.32 Å². The van der Waals surface area contributed by atoms with Crippen LogP contribution in [0.2, 0.25) is 0 Å². The highest BCUT2D eigenvalue weighted by Crippen LogP contribution is 2.31. The highest BCUT2D eigenvalue weighted by molar-refractivity contribution is 6.23. The van der Waals surface area contributed by atoms with Crippen LogP contribution < -0.4 is 10.6 Å². The van der Waals surface area contributed by atoms with Gasteiger partial charge in [-0.25, -0.2) is 0 Å². The molecule has 3 heterocycles. The monoisotopic (exact) mass is 299 g/mol. The zero-order valence-corrected chi connectivity index (χ0v) is 11.6. The molecule has 0 unspecified atom stereocenters. The van der Waals surface area contributed by atoms with Gasteiger partial charge in [0.2, 0.25) is 11.8 Å². The molecule has 0 aromatic heterocycles. The van der Waals surface area contributed by atoms with E-state index in [0.717, 1.165) is 16.0 Å². The molecule has 0 spiro atoms. The Balaban J connectivity index is 1.72. The van der Waals surface area contributed by atoms with E-state index in [4.69, 9.17) is 0 Å². The minimum Gasteiger partial charge on any atom is -0.309 e. The second-order valence-corrected chi connectivity index (χ2v) is 5.72. The molecule has 0 saturated carbocycles. The Morgan fingerprint density at radius 2 is 1.55 bits per heavy atom. The van der Waals surface area contributed by atoms with Gasteiger partial charge in [-0.15, -0.1) is 0 Å². The fraction of sp³-hybridized carbons (Fsp3) is 0.333. The number of fused-ring (bicyclic) bond motifs is 2. The van der Waals surface area contributed by atoms with Crippen molar-refractivity contribution in [1.82, 2.24) is 15.5 Å². The van der Waals surface area contributed by atoms with E-state index < -0.39 is 23.8 Å². The van der Waals surface area contributed by atoms with Crippen molar-refractivity contribution in [2.75, 3.05) is 0 Å². The zero-order valence-electron chi connectivity index (χ0n) is 11.6. The maximum atomic E-state index is 12.6. The fourth-order valence-corrected chi connectivity index (χ4v) is 3.27. The summed E-state index contributed by atoms with van der Waals surface area (Å²) in [6.07, 6.45) is 0.307. The number of carbonyl (C=O) groups excluding carboxylic acids is 4. The van der Waals surface area contributed by atoms with Crippen LogP contribution in [0.1, 0.15) is 44.7 Å². The minimum absolute atomic E-state index is 0.129. The van der Waals surface area contributed by atoms with Crippen LogP contribution in [0, 0.1) is 0 Å². The summed E-state index contributed by atoms with van der Waals surface area (Å²) < 4.78 is 0. The molecule has 112 valence electrons. The van der Waals surface area contributed by atoms with E-state index in [1.165, 1.54) is 0 Å². The van der Waals surface area contributed by atoms with Crippen molar-refractivity contribution in [3.8, 4) is 0 Å². The first kappa shape index (κ1) is 13.1. The highest BCUT2D eigenvalue weighted by atomic mass is 16.2. The van der Waals surface area contributed by atoms with E-state index >= 15 is 0 Å². The van der Waals surface area contributed by atoms with Crippen molar-refractivity contribution >= 4 is 23.6 Å². The summed E-state index contributed by atoms with van der Waals surface area (Å²) in [4.78, 5) is 49.3. The van der Waals surface area contributed by atoms with Crippen LogP contribution in [-0.4, -0.2) is 34.6 Å². The van der Waals surface area contributed by atoms with E-state index in [1.54, 1.807) is 12.1 Å². The van der Waals surface area contributed by atoms with Gasteiger partial charge in [-0.2, -0.15) is 0 Å². The number of nitrogens with one attached hydrogen (secondary N) is 2. The molecule has 1 atom stereocenters. The lowest BCUT2D eigenvalue weighted by atomic mass is 10.0. The second-order valence-electron chi connectivity index (χ2n) is 5.72. The van der Waals surface area contributed by atoms with Crippen molar-refractivity contribution in [1.29, 1.82) is 0 Å². The summed E-state index contributed by atoms with van der Waals surface area (Å²) >= 11 is 0. The largest absolute Gasteiger partial charge is 0.309 e. The predicted molar refractivity (Wildman–Crippen MR) is 73.7 cm³/mol. The topological polar surface area (TPSA) is 95.6 Å². The van der Waals surface area contributed by atoms with Gasteiger partial charge >= 0.3 is 0 Å². The van der Waals surface area contributed by atoms with Crippen LogP contribution in [0.4, 0.5) is 0 Å². The molecule has 22 heavy (non-hydrogen) atoms. The molecule has 1 aromatic rings. The van der Waals surface area contributed by atoms with Crippen LogP contribution in [0.3, 0.4) is 0 Å². The van der Waals surface area contributed by atoms with Crippen LogP contribution >= 0.6 is 0 Å². The SMILES string of the molecule is O=C1CC[C@H](N2C(=O)c3cc4c(cc3C2=O)CNC4)C(=O)N1. The summed E-state index contributed by atoms with van der Waals surface area (Å²) in [6, 6.07) is 2.56. The number of nitrogens with zero attached hydrogens (tertiary/aromatic N) is 1. The number of rotatable bonds is 1.